The molecule has 16 heavy (non-hydrogen) atoms. The number of halogens is 1. The Bertz CT molecular complexity index is 556. The lowest BCUT2D eigenvalue weighted by molar-refractivity contribution is 1.11. The summed E-state index contributed by atoms with van der Waals surface area (Å²) >= 11 is 2.24. The first-order valence-electron chi connectivity index (χ1n) is 4.77. The number of fused-ring (bicyclic) bond motifs is 1. The van der Waals surface area contributed by atoms with Gasteiger partial charge in [-0.05, 0) is 40.3 Å². The van der Waals surface area contributed by atoms with Gasteiger partial charge in [0, 0.05) is 31.2 Å². The van der Waals surface area contributed by atoms with Crippen molar-refractivity contribution in [3.63, 3.8) is 0 Å². The molecule has 5 heteroatoms. The maximum Gasteiger partial charge on any atom is 0.138 e. The molecule has 0 aromatic carbocycles. The minimum absolute atomic E-state index is 0.836. The second-order valence-corrected chi connectivity index (χ2v) is 4.36. The topological polar surface area (TPSA) is 53.2 Å². The van der Waals surface area contributed by atoms with Crippen molar-refractivity contribution in [3.05, 3.63) is 40.0 Å². The summed E-state index contributed by atoms with van der Waals surface area (Å²) in [5.74, 6) is 0. The summed E-state index contributed by atoms with van der Waals surface area (Å²) in [5, 5.41) is 10.3. The molecular weight excluding hydrogens is 315 g/mol. The molecule has 4 nitrogen and oxygen atoms in total. The number of rotatable bonds is 3. The highest BCUT2D eigenvalue weighted by Crippen LogP contribution is 2.16. The molecule has 0 aliphatic rings. The van der Waals surface area contributed by atoms with Crippen LogP contribution in [-0.2, 0) is 0 Å². The van der Waals surface area contributed by atoms with Crippen LogP contribution in [-0.4, -0.2) is 22.6 Å². The van der Waals surface area contributed by atoms with E-state index in [9.17, 15) is 0 Å². The number of pyridine rings is 1. The van der Waals surface area contributed by atoms with Gasteiger partial charge in [0.2, 0.25) is 0 Å². The average molecular weight is 326 g/mol. The van der Waals surface area contributed by atoms with Gasteiger partial charge in [-0.2, -0.15) is 0 Å². The predicted molar refractivity (Wildman–Crippen MR) is 73.7 cm³/mol. The van der Waals surface area contributed by atoms with Gasteiger partial charge in [0.25, 0.3) is 0 Å². The SMILES string of the molecule is CN/C=C(\C=N)c1ccn2c(I)cnc2c1. The molecule has 0 unspecified atom stereocenters. The van der Waals surface area contributed by atoms with E-state index in [1.807, 2.05) is 36.0 Å². The molecule has 2 N–H and O–H groups in total. The van der Waals surface area contributed by atoms with Crippen molar-refractivity contribution in [1.82, 2.24) is 14.7 Å². The van der Waals surface area contributed by atoms with E-state index >= 15 is 0 Å². The van der Waals surface area contributed by atoms with Crippen molar-refractivity contribution in [2.45, 2.75) is 0 Å². The van der Waals surface area contributed by atoms with Gasteiger partial charge < -0.3 is 10.7 Å². The van der Waals surface area contributed by atoms with E-state index in [0.29, 0.717) is 0 Å². The van der Waals surface area contributed by atoms with Crippen molar-refractivity contribution in [2.24, 2.45) is 0 Å². The molecule has 0 radical (unpaired) electrons. The number of allylic oxidation sites excluding steroid dienone is 1. The Hall–Kier alpha value is -1.37. The maximum atomic E-state index is 7.35. The zero-order valence-electron chi connectivity index (χ0n) is 8.74. The monoisotopic (exact) mass is 326 g/mol. The number of imidazole rings is 1. The van der Waals surface area contributed by atoms with Crippen molar-refractivity contribution in [3.8, 4) is 0 Å². The van der Waals surface area contributed by atoms with Gasteiger partial charge >= 0.3 is 0 Å². The fourth-order valence-corrected chi connectivity index (χ4v) is 2.04. The molecule has 0 amide bonds. The van der Waals surface area contributed by atoms with Crippen LogP contribution in [0, 0.1) is 9.11 Å². The van der Waals surface area contributed by atoms with E-state index in [0.717, 1.165) is 20.5 Å². The van der Waals surface area contributed by atoms with Crippen LogP contribution >= 0.6 is 22.6 Å². The Morgan fingerprint density at radius 3 is 3.12 bits per heavy atom. The molecule has 2 rings (SSSR count). The van der Waals surface area contributed by atoms with Crippen LogP contribution in [0.3, 0.4) is 0 Å². The number of hydrogen-bond donors (Lipinski definition) is 2. The first kappa shape index (κ1) is 11.1. The molecular formula is C11H11IN4. The maximum absolute atomic E-state index is 7.35. The Kier molecular flexibility index (Phi) is 3.23. The van der Waals surface area contributed by atoms with Crippen LogP contribution in [0.5, 0.6) is 0 Å². The van der Waals surface area contributed by atoms with Gasteiger partial charge in [-0.1, -0.05) is 0 Å². The van der Waals surface area contributed by atoms with E-state index in [2.05, 4.69) is 32.9 Å². The first-order valence-corrected chi connectivity index (χ1v) is 5.85. The molecule has 82 valence electrons. The second kappa shape index (κ2) is 4.65. The Labute approximate surface area is 107 Å². The zero-order valence-corrected chi connectivity index (χ0v) is 10.9. The van der Waals surface area contributed by atoms with E-state index in [1.165, 1.54) is 6.21 Å². The van der Waals surface area contributed by atoms with Gasteiger partial charge in [-0.15, -0.1) is 0 Å². The van der Waals surface area contributed by atoms with Crippen LogP contribution in [0.4, 0.5) is 0 Å². The third kappa shape index (κ3) is 1.95. The van der Waals surface area contributed by atoms with Gasteiger partial charge in [0.15, 0.2) is 0 Å². The number of hydrogen-bond acceptors (Lipinski definition) is 3. The summed E-state index contributed by atoms with van der Waals surface area (Å²) in [7, 11) is 1.82. The molecule has 0 bridgehead atoms. The predicted octanol–water partition coefficient (Wildman–Crippen LogP) is 2.15. The van der Waals surface area contributed by atoms with E-state index in [4.69, 9.17) is 5.41 Å². The largest absolute Gasteiger partial charge is 0.393 e. The zero-order chi connectivity index (χ0) is 11.5. The van der Waals surface area contributed by atoms with E-state index < -0.39 is 0 Å². The molecule has 0 saturated carbocycles. The Balaban J connectivity index is 2.54. The summed E-state index contributed by atoms with van der Waals surface area (Å²) in [6.07, 6.45) is 6.92. The minimum atomic E-state index is 0.836. The number of aromatic nitrogens is 2. The molecule has 0 spiro atoms. The molecule has 0 atom stereocenters. The van der Waals surface area contributed by atoms with Crippen LogP contribution in [0.25, 0.3) is 11.2 Å². The molecule has 0 aliphatic heterocycles. The number of nitrogens with zero attached hydrogens (tertiary/aromatic N) is 2. The lowest BCUT2D eigenvalue weighted by Gasteiger charge is -2.03. The molecule has 2 aromatic heterocycles. The van der Waals surface area contributed by atoms with Crippen LogP contribution in [0.2, 0.25) is 0 Å². The fraction of sp³-hybridized carbons (Fsp3) is 0.0909. The first-order chi connectivity index (χ1) is 7.76. The van der Waals surface area contributed by atoms with Gasteiger partial charge in [0.05, 0.1) is 6.20 Å². The van der Waals surface area contributed by atoms with Gasteiger partial charge in [0.1, 0.15) is 9.35 Å². The highest BCUT2D eigenvalue weighted by molar-refractivity contribution is 14.1. The van der Waals surface area contributed by atoms with Crippen molar-refractivity contribution >= 4 is 40.0 Å². The van der Waals surface area contributed by atoms with Crippen molar-refractivity contribution in [1.29, 1.82) is 5.41 Å². The number of nitrogens with one attached hydrogen (secondary N) is 2. The molecule has 0 aliphatic carbocycles. The van der Waals surface area contributed by atoms with Crippen LogP contribution < -0.4 is 5.32 Å². The summed E-state index contributed by atoms with van der Waals surface area (Å²) < 4.78 is 3.08. The summed E-state index contributed by atoms with van der Waals surface area (Å²) in [5.41, 5.74) is 2.72. The van der Waals surface area contributed by atoms with Crippen LogP contribution in [0.1, 0.15) is 5.56 Å². The lowest BCUT2D eigenvalue weighted by atomic mass is 10.1. The molecule has 0 fully saturated rings. The molecule has 2 heterocycles. The highest BCUT2D eigenvalue weighted by Gasteiger charge is 2.03. The summed E-state index contributed by atoms with van der Waals surface area (Å²) in [6.45, 7) is 0. The van der Waals surface area contributed by atoms with Crippen molar-refractivity contribution < 1.29 is 0 Å². The van der Waals surface area contributed by atoms with E-state index in [-0.39, 0.29) is 0 Å². The smallest absolute Gasteiger partial charge is 0.138 e. The third-order valence-electron chi connectivity index (χ3n) is 2.26. The summed E-state index contributed by atoms with van der Waals surface area (Å²) in [4.78, 5) is 4.29. The Morgan fingerprint density at radius 1 is 1.62 bits per heavy atom. The standard InChI is InChI=1S/C11H11IN4/c1-14-6-9(5-13)8-2-3-16-10(12)7-15-11(16)4-8/h2-7,13-14H,1H3/b9-6+,13-5?. The van der Waals surface area contributed by atoms with Gasteiger partial charge in [-0.25, -0.2) is 4.98 Å². The molecule has 2 aromatic rings. The highest BCUT2D eigenvalue weighted by atomic mass is 127. The van der Waals surface area contributed by atoms with Gasteiger partial charge in [-0.3, -0.25) is 4.40 Å². The normalized spacial score (nSPS) is 11.8. The second-order valence-electron chi connectivity index (χ2n) is 3.26. The quantitative estimate of drug-likeness (QED) is 0.671. The van der Waals surface area contributed by atoms with Crippen LogP contribution in [0.15, 0.2) is 30.7 Å². The molecule has 0 saturated heterocycles. The fourth-order valence-electron chi connectivity index (χ4n) is 1.49. The summed E-state index contributed by atoms with van der Waals surface area (Å²) in [6, 6.07) is 3.95. The average Bonchev–Trinajstić information content (AvgIpc) is 2.67. The van der Waals surface area contributed by atoms with E-state index in [1.54, 1.807) is 6.20 Å². The minimum Gasteiger partial charge on any atom is -0.393 e. The Morgan fingerprint density at radius 2 is 2.44 bits per heavy atom. The lowest BCUT2D eigenvalue weighted by Crippen LogP contribution is -1.98. The van der Waals surface area contributed by atoms with Crippen molar-refractivity contribution in [2.75, 3.05) is 7.05 Å². The third-order valence-corrected chi connectivity index (χ3v) is 3.06.